The molecular formula is C20H15F3N2O3S. The van der Waals surface area contributed by atoms with E-state index in [1.807, 2.05) is 0 Å². The molecule has 0 bridgehead atoms. The maximum atomic E-state index is 13.7. The molecule has 1 aliphatic heterocycles. The van der Waals surface area contributed by atoms with Gasteiger partial charge in [0.05, 0.1) is 10.6 Å². The van der Waals surface area contributed by atoms with Crippen LogP contribution < -0.4 is 14.5 Å². The summed E-state index contributed by atoms with van der Waals surface area (Å²) in [6.45, 7) is -2.97. The van der Waals surface area contributed by atoms with Crippen LogP contribution in [-0.4, -0.2) is 17.1 Å². The summed E-state index contributed by atoms with van der Waals surface area (Å²) in [6.07, 6.45) is 0.00159. The standard InChI is InChI=1S/C20H15F3N2O3S/c1-24-18-17(29-20(24)27)15(11-4-2-7-14(8-11)28-19(22)23)10-16(26)25(18)13-6-3-5-12(21)9-13/h2-9,15,19H,10H2,1H3/t15-/m0/s1. The maximum Gasteiger partial charge on any atom is 0.387 e. The monoisotopic (exact) mass is 420 g/mol. The molecule has 9 heteroatoms. The van der Waals surface area contributed by atoms with E-state index in [4.69, 9.17) is 0 Å². The molecule has 0 unspecified atom stereocenters. The van der Waals surface area contributed by atoms with Crippen molar-refractivity contribution in [1.82, 2.24) is 4.57 Å². The van der Waals surface area contributed by atoms with Gasteiger partial charge in [-0.3, -0.25) is 19.1 Å². The van der Waals surface area contributed by atoms with Crippen molar-refractivity contribution in [3.05, 3.63) is 74.5 Å². The predicted octanol–water partition coefficient (Wildman–Crippen LogP) is 4.39. The summed E-state index contributed by atoms with van der Waals surface area (Å²) in [6, 6.07) is 11.7. The molecule has 5 nitrogen and oxygen atoms in total. The highest BCUT2D eigenvalue weighted by Crippen LogP contribution is 2.45. The predicted molar refractivity (Wildman–Crippen MR) is 103 cm³/mol. The second kappa shape index (κ2) is 7.40. The molecule has 1 atom stereocenters. The Hall–Kier alpha value is -3.07. The van der Waals surface area contributed by atoms with E-state index in [0.29, 0.717) is 21.9 Å². The summed E-state index contributed by atoms with van der Waals surface area (Å²) < 4.78 is 44.7. The van der Waals surface area contributed by atoms with Crippen molar-refractivity contribution in [2.24, 2.45) is 7.05 Å². The summed E-state index contributed by atoms with van der Waals surface area (Å²) >= 11 is 0.975. The first kappa shape index (κ1) is 19.3. The smallest absolute Gasteiger partial charge is 0.387 e. The number of rotatable bonds is 4. The largest absolute Gasteiger partial charge is 0.435 e. The molecule has 3 aromatic rings. The van der Waals surface area contributed by atoms with Crippen LogP contribution >= 0.6 is 11.3 Å². The fraction of sp³-hybridized carbons (Fsp3) is 0.200. The molecule has 0 saturated heterocycles. The Labute approximate surface area is 167 Å². The van der Waals surface area contributed by atoms with Crippen molar-refractivity contribution in [3.63, 3.8) is 0 Å². The number of thiazole rings is 1. The van der Waals surface area contributed by atoms with E-state index in [2.05, 4.69) is 4.74 Å². The summed E-state index contributed by atoms with van der Waals surface area (Å²) in [4.78, 5) is 27.1. The first-order valence-electron chi connectivity index (χ1n) is 8.68. The van der Waals surface area contributed by atoms with Crippen LogP contribution in [0.5, 0.6) is 5.75 Å². The minimum Gasteiger partial charge on any atom is -0.435 e. The molecule has 0 radical (unpaired) electrons. The fourth-order valence-corrected chi connectivity index (χ4v) is 4.57. The van der Waals surface area contributed by atoms with Gasteiger partial charge >= 0.3 is 11.5 Å². The number of fused-ring (bicyclic) bond motifs is 1. The minimum atomic E-state index is -2.97. The second-order valence-corrected chi connectivity index (χ2v) is 7.52. The van der Waals surface area contributed by atoms with Gasteiger partial charge in [-0.15, -0.1) is 0 Å². The Morgan fingerprint density at radius 3 is 2.62 bits per heavy atom. The van der Waals surface area contributed by atoms with Crippen molar-refractivity contribution in [2.75, 3.05) is 4.90 Å². The number of carbonyl (C=O) groups is 1. The number of nitrogens with zero attached hydrogens (tertiary/aromatic N) is 2. The highest BCUT2D eigenvalue weighted by Gasteiger charge is 2.37. The number of carbonyl (C=O) groups excluding carboxylic acids is 1. The van der Waals surface area contributed by atoms with E-state index in [1.54, 1.807) is 18.2 Å². The van der Waals surface area contributed by atoms with Crippen molar-refractivity contribution in [3.8, 4) is 5.75 Å². The number of aromatic nitrogens is 1. The van der Waals surface area contributed by atoms with Crippen LogP contribution in [0.4, 0.5) is 24.7 Å². The lowest BCUT2D eigenvalue weighted by molar-refractivity contribution is -0.118. The number of benzene rings is 2. The van der Waals surface area contributed by atoms with Gasteiger partial charge in [0.2, 0.25) is 5.91 Å². The molecule has 0 N–H and O–H groups in total. The lowest BCUT2D eigenvalue weighted by atomic mass is 9.90. The lowest BCUT2D eigenvalue weighted by Crippen LogP contribution is -2.34. The number of amides is 1. The Bertz CT molecular complexity index is 1140. The second-order valence-electron chi connectivity index (χ2n) is 6.53. The molecule has 4 rings (SSSR count). The van der Waals surface area contributed by atoms with Crippen molar-refractivity contribution >= 4 is 28.7 Å². The van der Waals surface area contributed by atoms with E-state index < -0.39 is 18.3 Å². The fourth-order valence-electron chi connectivity index (χ4n) is 3.48. The van der Waals surface area contributed by atoms with Crippen LogP contribution in [0.1, 0.15) is 22.8 Å². The minimum absolute atomic E-state index is 0.00159. The van der Waals surface area contributed by atoms with Gasteiger partial charge in [0.25, 0.3) is 0 Å². The first-order valence-corrected chi connectivity index (χ1v) is 9.50. The number of alkyl halides is 2. The van der Waals surface area contributed by atoms with Gasteiger partial charge in [-0.2, -0.15) is 8.78 Å². The number of halogens is 3. The normalized spacial score (nSPS) is 16.2. The Morgan fingerprint density at radius 2 is 1.90 bits per heavy atom. The van der Waals surface area contributed by atoms with Gasteiger partial charge in [-0.25, -0.2) is 4.39 Å². The van der Waals surface area contributed by atoms with Crippen LogP contribution in [0.25, 0.3) is 0 Å². The van der Waals surface area contributed by atoms with Gasteiger partial charge < -0.3 is 4.74 Å². The molecule has 1 amide bonds. The first-order chi connectivity index (χ1) is 13.8. The average molecular weight is 420 g/mol. The van der Waals surface area contributed by atoms with Gasteiger partial charge in [-0.1, -0.05) is 29.5 Å². The van der Waals surface area contributed by atoms with Crippen LogP contribution in [-0.2, 0) is 11.8 Å². The quantitative estimate of drug-likeness (QED) is 0.629. The molecule has 0 saturated carbocycles. The van der Waals surface area contributed by atoms with Crippen LogP contribution in [0, 0.1) is 5.82 Å². The summed E-state index contributed by atoms with van der Waals surface area (Å²) in [7, 11) is 1.54. The average Bonchev–Trinajstić information content (AvgIpc) is 2.96. The zero-order valence-electron chi connectivity index (χ0n) is 15.1. The molecule has 0 fully saturated rings. The van der Waals surface area contributed by atoms with E-state index in [-0.39, 0.29) is 23.0 Å². The van der Waals surface area contributed by atoms with E-state index in [1.165, 1.54) is 46.8 Å². The van der Waals surface area contributed by atoms with E-state index in [0.717, 1.165) is 11.3 Å². The van der Waals surface area contributed by atoms with Crippen LogP contribution in [0.3, 0.4) is 0 Å². The number of ether oxygens (including phenoxy) is 1. The molecule has 2 aromatic carbocycles. The number of hydrogen-bond donors (Lipinski definition) is 0. The summed E-state index contributed by atoms with van der Waals surface area (Å²) in [5.74, 6) is -1.01. The third-order valence-corrected chi connectivity index (χ3v) is 5.85. The molecule has 29 heavy (non-hydrogen) atoms. The molecule has 0 spiro atoms. The van der Waals surface area contributed by atoms with Gasteiger partial charge in [0.15, 0.2) is 0 Å². The molecule has 1 aromatic heterocycles. The topological polar surface area (TPSA) is 51.5 Å². The van der Waals surface area contributed by atoms with E-state index >= 15 is 0 Å². The maximum absolute atomic E-state index is 13.7. The third-order valence-electron chi connectivity index (χ3n) is 4.72. The molecule has 0 aliphatic carbocycles. The van der Waals surface area contributed by atoms with Crippen molar-refractivity contribution in [1.29, 1.82) is 0 Å². The highest BCUT2D eigenvalue weighted by atomic mass is 32.1. The lowest BCUT2D eigenvalue weighted by Gasteiger charge is -2.32. The zero-order valence-corrected chi connectivity index (χ0v) is 16.0. The molecular weight excluding hydrogens is 405 g/mol. The SMILES string of the molecule is Cn1c2c(sc1=O)[C@H](c1cccc(OC(F)F)c1)CC(=O)N2c1cccc(F)c1. The van der Waals surface area contributed by atoms with Crippen LogP contribution in [0.15, 0.2) is 53.3 Å². The van der Waals surface area contributed by atoms with Gasteiger partial charge in [0, 0.05) is 19.4 Å². The third kappa shape index (κ3) is 3.53. The Morgan fingerprint density at radius 1 is 1.14 bits per heavy atom. The molecule has 1 aliphatic rings. The molecule has 150 valence electrons. The van der Waals surface area contributed by atoms with E-state index in [9.17, 15) is 22.8 Å². The van der Waals surface area contributed by atoms with Crippen LogP contribution in [0.2, 0.25) is 0 Å². The zero-order chi connectivity index (χ0) is 20.7. The van der Waals surface area contributed by atoms with Gasteiger partial charge in [0.1, 0.15) is 17.4 Å². The van der Waals surface area contributed by atoms with Gasteiger partial charge in [-0.05, 0) is 35.9 Å². The summed E-state index contributed by atoms with van der Waals surface area (Å²) in [5.41, 5.74) is 0.899. The number of anilines is 2. The number of hydrogen-bond acceptors (Lipinski definition) is 4. The van der Waals surface area contributed by atoms with Crippen molar-refractivity contribution < 1.29 is 22.7 Å². The Kier molecular flexibility index (Phi) is 4.91. The Balaban J connectivity index is 1.83. The molecule has 2 heterocycles. The highest BCUT2D eigenvalue weighted by molar-refractivity contribution is 7.10. The summed E-state index contributed by atoms with van der Waals surface area (Å²) in [5, 5.41) is 0. The van der Waals surface area contributed by atoms with Crippen molar-refractivity contribution in [2.45, 2.75) is 19.0 Å².